The van der Waals surface area contributed by atoms with Crippen LogP contribution in [0.15, 0.2) is 24.7 Å². The van der Waals surface area contributed by atoms with Crippen molar-refractivity contribution in [3.8, 4) is 0 Å². The Hall–Kier alpha value is -2.04. The van der Waals surface area contributed by atoms with Crippen LogP contribution >= 0.6 is 0 Å². The number of hydrogen-bond donors (Lipinski definition) is 1. The van der Waals surface area contributed by atoms with Crippen molar-refractivity contribution in [2.45, 2.75) is 33.2 Å². The van der Waals surface area contributed by atoms with Gasteiger partial charge in [-0.2, -0.15) is 0 Å². The normalized spacial score (nSPS) is 10.6. The summed E-state index contributed by atoms with van der Waals surface area (Å²) < 4.78 is 2.02. The highest BCUT2D eigenvalue weighted by Crippen LogP contribution is 2.08. The highest BCUT2D eigenvalue weighted by atomic mass is 15.0. The third kappa shape index (κ3) is 2.80. The fraction of sp³-hybridized carbons (Fsp3) is 0.385. The number of nitrogen functional groups attached to an aromatic ring is 1. The molecule has 0 amide bonds. The van der Waals surface area contributed by atoms with Crippen molar-refractivity contribution in [3.63, 3.8) is 0 Å². The summed E-state index contributed by atoms with van der Waals surface area (Å²) in [5, 5.41) is 0. The predicted octanol–water partition coefficient (Wildman–Crippen LogP) is 1.05. The molecule has 18 heavy (non-hydrogen) atoms. The Labute approximate surface area is 107 Å². The first-order valence-corrected chi connectivity index (χ1v) is 6.12. The van der Waals surface area contributed by atoms with Gasteiger partial charge in [0.15, 0.2) is 0 Å². The maximum Gasteiger partial charge on any atom is 0.295 e. The van der Waals surface area contributed by atoms with E-state index in [2.05, 4.69) is 21.9 Å². The van der Waals surface area contributed by atoms with E-state index in [1.807, 2.05) is 30.0 Å². The molecule has 2 aromatic heterocycles. The summed E-state index contributed by atoms with van der Waals surface area (Å²) in [5.74, 6) is 2.31. The Morgan fingerprint density at radius 1 is 1.33 bits per heavy atom. The van der Waals surface area contributed by atoms with E-state index in [1.165, 1.54) is 0 Å². The molecular weight excluding hydrogens is 226 g/mol. The SMILES string of the molecule is CCCc1ncc(C[n+]2cccnc2C)c(N)n1. The van der Waals surface area contributed by atoms with E-state index < -0.39 is 0 Å². The summed E-state index contributed by atoms with van der Waals surface area (Å²) in [6, 6.07) is 1.90. The molecule has 0 aliphatic rings. The van der Waals surface area contributed by atoms with Gasteiger partial charge in [0.25, 0.3) is 5.82 Å². The molecule has 0 spiro atoms. The maximum absolute atomic E-state index is 5.96. The van der Waals surface area contributed by atoms with Crippen LogP contribution in [0.2, 0.25) is 0 Å². The van der Waals surface area contributed by atoms with Gasteiger partial charge in [-0.15, -0.1) is 0 Å². The molecule has 0 aliphatic heterocycles. The highest BCUT2D eigenvalue weighted by Gasteiger charge is 2.10. The van der Waals surface area contributed by atoms with Gasteiger partial charge >= 0.3 is 0 Å². The zero-order valence-corrected chi connectivity index (χ0v) is 10.8. The second-order valence-electron chi connectivity index (χ2n) is 4.24. The molecule has 0 atom stereocenters. The lowest BCUT2D eigenvalue weighted by Crippen LogP contribution is -2.38. The van der Waals surface area contributed by atoms with Crippen LogP contribution in [0.25, 0.3) is 0 Å². The number of aryl methyl sites for hydroxylation is 2. The van der Waals surface area contributed by atoms with Crippen molar-refractivity contribution >= 4 is 5.82 Å². The Bertz CT molecular complexity index is 539. The molecule has 0 fully saturated rings. The molecule has 0 bridgehead atoms. The van der Waals surface area contributed by atoms with Gasteiger partial charge in [0.1, 0.15) is 24.4 Å². The quantitative estimate of drug-likeness (QED) is 0.816. The van der Waals surface area contributed by atoms with Gasteiger partial charge in [-0.25, -0.2) is 14.5 Å². The van der Waals surface area contributed by atoms with Gasteiger partial charge in [-0.05, 0) is 6.42 Å². The molecule has 0 saturated carbocycles. The van der Waals surface area contributed by atoms with Crippen molar-refractivity contribution < 1.29 is 4.57 Å². The summed E-state index contributed by atoms with van der Waals surface area (Å²) >= 11 is 0. The summed E-state index contributed by atoms with van der Waals surface area (Å²) in [6.07, 6.45) is 7.45. The highest BCUT2D eigenvalue weighted by molar-refractivity contribution is 5.36. The Morgan fingerprint density at radius 2 is 2.17 bits per heavy atom. The standard InChI is InChI=1S/C13H18N5/c1-3-5-12-16-8-11(13(14)17-12)9-18-7-4-6-15-10(18)2/h4,6-8H,3,5,9H2,1-2H3,(H2,14,16,17)/q+1. The lowest BCUT2D eigenvalue weighted by molar-refractivity contribution is -0.697. The molecular formula is C13H18N5+. The second-order valence-corrected chi connectivity index (χ2v) is 4.24. The first kappa shape index (κ1) is 12.4. The van der Waals surface area contributed by atoms with E-state index in [1.54, 1.807) is 6.20 Å². The average molecular weight is 244 g/mol. The maximum atomic E-state index is 5.96. The van der Waals surface area contributed by atoms with Crippen molar-refractivity contribution in [1.82, 2.24) is 15.0 Å². The molecule has 0 saturated heterocycles. The third-order valence-electron chi connectivity index (χ3n) is 2.79. The lowest BCUT2D eigenvalue weighted by atomic mass is 10.2. The predicted molar refractivity (Wildman–Crippen MR) is 68.7 cm³/mol. The second kappa shape index (κ2) is 5.53. The molecule has 94 valence electrons. The number of nitrogens with two attached hydrogens (primary N) is 1. The number of rotatable bonds is 4. The van der Waals surface area contributed by atoms with Crippen molar-refractivity contribution in [1.29, 1.82) is 0 Å². The van der Waals surface area contributed by atoms with Crippen LogP contribution in [0.4, 0.5) is 5.82 Å². The summed E-state index contributed by atoms with van der Waals surface area (Å²) in [5.41, 5.74) is 6.89. The van der Waals surface area contributed by atoms with Crippen LogP contribution < -0.4 is 10.3 Å². The molecule has 5 heteroatoms. The topological polar surface area (TPSA) is 68.6 Å². The zero-order valence-electron chi connectivity index (χ0n) is 10.8. The van der Waals surface area contributed by atoms with Crippen molar-refractivity contribution in [2.24, 2.45) is 0 Å². The van der Waals surface area contributed by atoms with Crippen LogP contribution in [0, 0.1) is 6.92 Å². The van der Waals surface area contributed by atoms with Crippen LogP contribution in [-0.2, 0) is 13.0 Å². The van der Waals surface area contributed by atoms with Crippen LogP contribution in [0.3, 0.4) is 0 Å². The number of hydrogen-bond acceptors (Lipinski definition) is 4. The molecule has 2 heterocycles. The fourth-order valence-electron chi connectivity index (χ4n) is 1.75. The van der Waals surface area contributed by atoms with Gasteiger partial charge in [0.2, 0.25) is 0 Å². The lowest BCUT2D eigenvalue weighted by Gasteiger charge is -2.06. The third-order valence-corrected chi connectivity index (χ3v) is 2.79. The van der Waals surface area contributed by atoms with Crippen LogP contribution in [0.5, 0.6) is 0 Å². The molecule has 2 N–H and O–H groups in total. The van der Waals surface area contributed by atoms with Gasteiger partial charge < -0.3 is 5.73 Å². The fourth-order valence-corrected chi connectivity index (χ4v) is 1.75. The van der Waals surface area contributed by atoms with Gasteiger partial charge in [-0.1, -0.05) is 11.9 Å². The van der Waals surface area contributed by atoms with E-state index in [0.29, 0.717) is 12.4 Å². The Kier molecular flexibility index (Phi) is 3.82. The average Bonchev–Trinajstić information content (AvgIpc) is 2.35. The van der Waals surface area contributed by atoms with E-state index in [0.717, 1.165) is 30.1 Å². The zero-order chi connectivity index (χ0) is 13.0. The monoisotopic (exact) mass is 244 g/mol. The first-order valence-electron chi connectivity index (χ1n) is 6.12. The molecule has 2 aromatic rings. The molecule has 5 nitrogen and oxygen atoms in total. The smallest absolute Gasteiger partial charge is 0.295 e. The van der Waals surface area contributed by atoms with Crippen molar-refractivity contribution in [3.05, 3.63) is 41.9 Å². The van der Waals surface area contributed by atoms with Crippen LogP contribution in [-0.4, -0.2) is 15.0 Å². The summed E-state index contributed by atoms with van der Waals surface area (Å²) in [7, 11) is 0. The molecule has 0 radical (unpaired) electrons. The first-order chi connectivity index (χ1) is 8.70. The van der Waals surface area contributed by atoms with Crippen LogP contribution in [0.1, 0.15) is 30.6 Å². The van der Waals surface area contributed by atoms with Crippen molar-refractivity contribution in [2.75, 3.05) is 5.73 Å². The molecule has 0 aromatic carbocycles. The van der Waals surface area contributed by atoms with E-state index in [4.69, 9.17) is 5.73 Å². The minimum Gasteiger partial charge on any atom is -0.383 e. The molecule has 0 unspecified atom stereocenters. The van der Waals surface area contributed by atoms with Gasteiger partial charge in [0, 0.05) is 25.6 Å². The van der Waals surface area contributed by atoms with E-state index in [9.17, 15) is 0 Å². The minimum atomic E-state index is 0.559. The Morgan fingerprint density at radius 3 is 2.83 bits per heavy atom. The largest absolute Gasteiger partial charge is 0.383 e. The Balaban J connectivity index is 2.22. The molecule has 2 rings (SSSR count). The number of nitrogens with zero attached hydrogens (tertiary/aromatic N) is 4. The summed E-state index contributed by atoms with van der Waals surface area (Å²) in [4.78, 5) is 12.9. The minimum absolute atomic E-state index is 0.559. The number of anilines is 1. The summed E-state index contributed by atoms with van der Waals surface area (Å²) in [6.45, 7) is 4.71. The van der Waals surface area contributed by atoms with E-state index in [-0.39, 0.29) is 0 Å². The van der Waals surface area contributed by atoms with E-state index >= 15 is 0 Å². The van der Waals surface area contributed by atoms with Gasteiger partial charge in [0.05, 0.1) is 11.8 Å². The molecule has 0 aliphatic carbocycles. The number of aromatic nitrogens is 4. The van der Waals surface area contributed by atoms with Gasteiger partial charge in [-0.3, -0.25) is 0 Å².